The normalized spacial score (nSPS) is 11.1. The van der Waals surface area contributed by atoms with Gasteiger partial charge in [0.1, 0.15) is 0 Å². The number of amides is 1. The standard InChI is InChI=1S/C8H16N2O5S2/c1-17(14,15)10-4-2-3-9-7(11)5-16-6-8(12)13/h10H,2-6H2,1H3,(H,9,11)(H,12,13). The fourth-order valence-electron chi connectivity index (χ4n) is 0.856. The van der Waals surface area contributed by atoms with Crippen LogP contribution in [-0.2, 0) is 19.6 Å². The highest BCUT2D eigenvalue weighted by Crippen LogP contribution is 1.97. The number of sulfonamides is 1. The van der Waals surface area contributed by atoms with E-state index in [1.54, 1.807) is 0 Å². The second-order valence-corrected chi connectivity index (χ2v) is 6.08. The molecule has 3 N–H and O–H groups in total. The number of carbonyl (C=O) groups excluding carboxylic acids is 1. The first-order valence-electron chi connectivity index (χ1n) is 4.82. The topological polar surface area (TPSA) is 113 Å². The van der Waals surface area contributed by atoms with Crippen molar-refractivity contribution >= 4 is 33.7 Å². The maximum absolute atomic E-state index is 11.1. The molecule has 0 unspecified atom stereocenters. The van der Waals surface area contributed by atoms with Gasteiger partial charge in [-0.3, -0.25) is 9.59 Å². The lowest BCUT2D eigenvalue weighted by atomic mass is 10.4. The first-order chi connectivity index (χ1) is 7.81. The second-order valence-electron chi connectivity index (χ2n) is 3.26. The third-order valence-corrected chi connectivity index (χ3v) is 3.14. The van der Waals surface area contributed by atoms with Gasteiger partial charge >= 0.3 is 5.97 Å². The predicted molar refractivity (Wildman–Crippen MR) is 65.4 cm³/mol. The molecule has 0 atom stereocenters. The summed E-state index contributed by atoms with van der Waals surface area (Å²) in [5.41, 5.74) is 0. The van der Waals surface area contributed by atoms with Crippen LogP contribution >= 0.6 is 11.8 Å². The van der Waals surface area contributed by atoms with Gasteiger partial charge in [-0.05, 0) is 6.42 Å². The molecular formula is C8H16N2O5S2. The van der Waals surface area contributed by atoms with Gasteiger partial charge in [0.15, 0.2) is 0 Å². The highest BCUT2D eigenvalue weighted by molar-refractivity contribution is 8.00. The van der Waals surface area contributed by atoms with Crippen LogP contribution in [0, 0.1) is 0 Å². The summed E-state index contributed by atoms with van der Waals surface area (Å²) in [7, 11) is -3.18. The lowest BCUT2D eigenvalue weighted by Crippen LogP contribution is -2.30. The molecule has 0 radical (unpaired) electrons. The molecule has 17 heavy (non-hydrogen) atoms. The summed E-state index contributed by atoms with van der Waals surface area (Å²) in [4.78, 5) is 21.3. The predicted octanol–water partition coefficient (Wildman–Crippen LogP) is -1.14. The minimum absolute atomic E-state index is 0.0891. The largest absolute Gasteiger partial charge is 0.481 e. The monoisotopic (exact) mass is 284 g/mol. The number of hydrogen-bond acceptors (Lipinski definition) is 5. The van der Waals surface area contributed by atoms with Gasteiger partial charge in [0.2, 0.25) is 15.9 Å². The Labute approximate surface area is 104 Å². The Kier molecular flexibility index (Phi) is 7.92. The molecule has 0 rings (SSSR count). The van der Waals surface area contributed by atoms with Crippen molar-refractivity contribution in [1.29, 1.82) is 0 Å². The number of carboxylic acids is 1. The van der Waals surface area contributed by atoms with E-state index in [4.69, 9.17) is 5.11 Å². The summed E-state index contributed by atoms with van der Waals surface area (Å²) < 4.78 is 23.6. The molecule has 0 heterocycles. The average molecular weight is 284 g/mol. The third kappa shape index (κ3) is 13.1. The van der Waals surface area contributed by atoms with Crippen LogP contribution < -0.4 is 10.0 Å². The van der Waals surface area contributed by atoms with Crippen LogP contribution in [0.2, 0.25) is 0 Å². The Morgan fingerprint density at radius 3 is 2.41 bits per heavy atom. The number of aliphatic carboxylic acids is 1. The number of nitrogens with one attached hydrogen (secondary N) is 2. The van der Waals surface area contributed by atoms with E-state index in [0.29, 0.717) is 13.0 Å². The smallest absolute Gasteiger partial charge is 0.313 e. The van der Waals surface area contributed by atoms with Gasteiger partial charge in [-0.2, -0.15) is 0 Å². The van der Waals surface area contributed by atoms with Crippen LogP contribution in [0.15, 0.2) is 0 Å². The molecule has 0 aliphatic carbocycles. The van der Waals surface area contributed by atoms with E-state index >= 15 is 0 Å². The zero-order valence-electron chi connectivity index (χ0n) is 9.43. The van der Waals surface area contributed by atoms with Crippen LogP contribution in [0.25, 0.3) is 0 Å². The Hall–Kier alpha value is -0.800. The van der Waals surface area contributed by atoms with Crippen molar-refractivity contribution in [1.82, 2.24) is 10.0 Å². The van der Waals surface area contributed by atoms with Crippen LogP contribution in [0.5, 0.6) is 0 Å². The van der Waals surface area contributed by atoms with Crippen molar-refractivity contribution in [2.24, 2.45) is 0 Å². The second kappa shape index (κ2) is 8.31. The van der Waals surface area contributed by atoms with Gasteiger partial charge in [0, 0.05) is 13.1 Å². The molecule has 0 saturated heterocycles. The van der Waals surface area contributed by atoms with Gasteiger partial charge in [-0.25, -0.2) is 13.1 Å². The maximum Gasteiger partial charge on any atom is 0.313 e. The molecule has 7 nitrogen and oxygen atoms in total. The number of hydrogen-bond donors (Lipinski definition) is 3. The summed E-state index contributed by atoms with van der Waals surface area (Å²) in [6.45, 7) is 0.621. The Balaban J connectivity index is 3.43. The van der Waals surface area contributed by atoms with Gasteiger partial charge in [0.05, 0.1) is 17.8 Å². The average Bonchev–Trinajstić information content (AvgIpc) is 2.14. The first-order valence-corrected chi connectivity index (χ1v) is 7.87. The lowest BCUT2D eigenvalue weighted by Gasteiger charge is -2.04. The van der Waals surface area contributed by atoms with Gasteiger partial charge < -0.3 is 10.4 Å². The maximum atomic E-state index is 11.1. The zero-order valence-corrected chi connectivity index (χ0v) is 11.1. The van der Waals surface area contributed by atoms with Crippen LogP contribution in [0.1, 0.15) is 6.42 Å². The number of rotatable bonds is 9. The third-order valence-electron chi connectivity index (χ3n) is 1.50. The summed E-state index contributed by atoms with van der Waals surface area (Å²) in [5, 5.41) is 10.9. The fourth-order valence-corrected chi connectivity index (χ4v) is 1.94. The highest BCUT2D eigenvalue weighted by atomic mass is 32.2. The van der Waals surface area contributed by atoms with Gasteiger partial charge in [-0.15, -0.1) is 11.8 Å². The van der Waals surface area contributed by atoms with Crippen molar-refractivity contribution in [3.05, 3.63) is 0 Å². The lowest BCUT2D eigenvalue weighted by molar-refractivity contribution is -0.133. The molecule has 0 aliphatic rings. The van der Waals surface area contributed by atoms with Gasteiger partial charge in [-0.1, -0.05) is 0 Å². The molecule has 0 bridgehead atoms. The van der Waals surface area contributed by atoms with E-state index < -0.39 is 16.0 Å². The first kappa shape index (κ1) is 16.2. The van der Waals surface area contributed by atoms with Crippen LogP contribution in [0.3, 0.4) is 0 Å². The molecule has 0 aromatic carbocycles. The number of carboxylic acid groups (broad SMARTS) is 1. The number of thioether (sulfide) groups is 1. The highest BCUT2D eigenvalue weighted by Gasteiger charge is 2.04. The summed E-state index contributed by atoms with van der Waals surface area (Å²) in [6, 6.07) is 0. The van der Waals surface area contributed by atoms with Gasteiger partial charge in [0.25, 0.3) is 0 Å². The summed E-state index contributed by atoms with van der Waals surface area (Å²) in [5.74, 6) is -1.23. The molecule has 0 fully saturated rings. The van der Waals surface area contributed by atoms with Crippen molar-refractivity contribution in [2.75, 3.05) is 30.9 Å². The van der Waals surface area contributed by atoms with E-state index in [1.807, 2.05) is 0 Å². The Morgan fingerprint density at radius 1 is 1.24 bits per heavy atom. The van der Waals surface area contributed by atoms with Crippen molar-refractivity contribution in [2.45, 2.75) is 6.42 Å². The molecule has 0 saturated carbocycles. The summed E-state index contributed by atoms with van der Waals surface area (Å²) in [6.07, 6.45) is 1.55. The minimum Gasteiger partial charge on any atom is -0.481 e. The molecule has 0 aliphatic heterocycles. The molecular weight excluding hydrogens is 268 g/mol. The van der Waals surface area contributed by atoms with Crippen LogP contribution in [0.4, 0.5) is 0 Å². The summed E-state index contributed by atoms with van der Waals surface area (Å²) >= 11 is 1.01. The van der Waals surface area contributed by atoms with Crippen molar-refractivity contribution < 1.29 is 23.1 Å². The molecule has 1 amide bonds. The molecule has 0 spiro atoms. The van der Waals surface area contributed by atoms with Crippen molar-refractivity contribution in [3.63, 3.8) is 0 Å². The molecule has 0 aromatic heterocycles. The van der Waals surface area contributed by atoms with Crippen LogP contribution in [-0.4, -0.2) is 56.3 Å². The quantitative estimate of drug-likeness (QED) is 0.461. The van der Waals surface area contributed by atoms with E-state index in [1.165, 1.54) is 0 Å². The van der Waals surface area contributed by atoms with E-state index in [-0.39, 0.29) is 24.0 Å². The zero-order chi connectivity index (χ0) is 13.3. The molecule has 0 aromatic rings. The van der Waals surface area contributed by atoms with E-state index in [9.17, 15) is 18.0 Å². The molecule has 100 valence electrons. The van der Waals surface area contributed by atoms with E-state index in [2.05, 4.69) is 10.0 Å². The fraction of sp³-hybridized carbons (Fsp3) is 0.750. The SMILES string of the molecule is CS(=O)(=O)NCCCNC(=O)CSCC(=O)O. The van der Waals surface area contributed by atoms with E-state index in [0.717, 1.165) is 18.0 Å². The minimum atomic E-state index is -3.18. The Bertz CT molecular complexity index is 355. The number of carbonyl (C=O) groups is 2. The molecule has 9 heteroatoms. The van der Waals surface area contributed by atoms with Crippen molar-refractivity contribution in [3.8, 4) is 0 Å². The Morgan fingerprint density at radius 2 is 1.88 bits per heavy atom.